The van der Waals surface area contributed by atoms with E-state index in [1.54, 1.807) is 6.07 Å². The highest BCUT2D eigenvalue weighted by Gasteiger charge is 2.16. The zero-order valence-electron chi connectivity index (χ0n) is 13.7. The van der Waals surface area contributed by atoms with Crippen molar-refractivity contribution in [2.45, 2.75) is 19.4 Å². The normalized spacial score (nSPS) is 14.2. The van der Waals surface area contributed by atoms with Crippen molar-refractivity contribution < 1.29 is 19.4 Å². The smallest absolute Gasteiger partial charge is 0.335 e. The Hall–Kier alpha value is -2.05. The van der Waals surface area contributed by atoms with Gasteiger partial charge in [-0.25, -0.2) is 4.79 Å². The van der Waals surface area contributed by atoms with Crippen molar-refractivity contribution in [3.05, 3.63) is 45.6 Å². The first-order chi connectivity index (χ1) is 11.7. The third-order valence-corrected chi connectivity index (χ3v) is 5.20. The minimum absolute atomic E-state index is 0.194. The highest BCUT2D eigenvalue weighted by molar-refractivity contribution is 7.10. The predicted molar refractivity (Wildman–Crippen MR) is 93.4 cm³/mol. The van der Waals surface area contributed by atoms with E-state index in [9.17, 15) is 4.79 Å². The lowest BCUT2D eigenvalue weighted by Gasteiger charge is -2.26. The van der Waals surface area contributed by atoms with Gasteiger partial charge in [0.15, 0.2) is 11.5 Å². The van der Waals surface area contributed by atoms with Crippen LogP contribution in [0.25, 0.3) is 0 Å². The van der Waals surface area contributed by atoms with E-state index in [1.165, 1.54) is 29.7 Å². The molecule has 2 aromatic rings. The molecule has 6 heteroatoms. The van der Waals surface area contributed by atoms with Gasteiger partial charge in [0, 0.05) is 24.5 Å². The minimum atomic E-state index is -0.974. The Kier molecular flexibility index (Phi) is 5.37. The van der Waals surface area contributed by atoms with Gasteiger partial charge in [0.25, 0.3) is 0 Å². The Morgan fingerprint density at radius 3 is 3.00 bits per heavy atom. The number of nitrogens with zero attached hydrogens (tertiary/aromatic N) is 1. The summed E-state index contributed by atoms with van der Waals surface area (Å²) >= 11 is 1.85. The lowest BCUT2D eigenvalue weighted by atomic mass is 10.1. The van der Waals surface area contributed by atoms with Crippen LogP contribution in [0.1, 0.15) is 27.2 Å². The molecule has 5 nitrogen and oxygen atoms in total. The van der Waals surface area contributed by atoms with Crippen LogP contribution in [0.3, 0.4) is 0 Å². The summed E-state index contributed by atoms with van der Waals surface area (Å²) in [7, 11) is 1.51. The molecule has 0 saturated heterocycles. The SMILES string of the molecule is COc1cc(C(=O)O)ccc1OCCCN1CCc2sccc2C1. The maximum atomic E-state index is 11.0. The second-order valence-corrected chi connectivity index (χ2v) is 6.77. The van der Waals surface area contributed by atoms with Gasteiger partial charge in [0.05, 0.1) is 19.3 Å². The number of hydrogen-bond acceptors (Lipinski definition) is 5. The molecule has 0 unspecified atom stereocenters. The Bertz CT molecular complexity index is 713. The molecule has 0 fully saturated rings. The molecule has 2 heterocycles. The predicted octanol–water partition coefficient (Wildman–Crippen LogP) is 3.28. The quantitative estimate of drug-likeness (QED) is 0.779. The lowest BCUT2D eigenvalue weighted by Crippen LogP contribution is -2.31. The lowest BCUT2D eigenvalue weighted by molar-refractivity contribution is 0.0696. The molecule has 3 rings (SSSR count). The van der Waals surface area contributed by atoms with Gasteiger partial charge in [0.2, 0.25) is 0 Å². The highest BCUT2D eigenvalue weighted by Crippen LogP contribution is 2.28. The number of carboxylic acid groups (broad SMARTS) is 1. The van der Waals surface area contributed by atoms with Crippen LogP contribution in [0.15, 0.2) is 29.6 Å². The number of fused-ring (bicyclic) bond motifs is 1. The van der Waals surface area contributed by atoms with Crippen LogP contribution in [0.2, 0.25) is 0 Å². The average molecular weight is 347 g/mol. The molecule has 0 spiro atoms. The number of ether oxygens (including phenoxy) is 2. The first kappa shape index (κ1) is 16.8. The molecule has 0 atom stereocenters. The van der Waals surface area contributed by atoms with Crippen molar-refractivity contribution in [2.75, 3.05) is 26.8 Å². The van der Waals surface area contributed by atoms with E-state index in [1.807, 2.05) is 11.3 Å². The van der Waals surface area contributed by atoms with Gasteiger partial charge in [0.1, 0.15) is 0 Å². The number of carbonyl (C=O) groups is 1. The topological polar surface area (TPSA) is 59.0 Å². The fourth-order valence-electron chi connectivity index (χ4n) is 2.89. The largest absolute Gasteiger partial charge is 0.493 e. The van der Waals surface area contributed by atoms with Crippen molar-refractivity contribution in [2.24, 2.45) is 0 Å². The highest BCUT2D eigenvalue weighted by atomic mass is 32.1. The maximum absolute atomic E-state index is 11.0. The Balaban J connectivity index is 1.48. The molecular weight excluding hydrogens is 326 g/mol. The van der Waals surface area contributed by atoms with Gasteiger partial charge in [-0.1, -0.05) is 0 Å². The van der Waals surface area contributed by atoms with Gasteiger partial charge in [-0.3, -0.25) is 4.90 Å². The van der Waals surface area contributed by atoms with Crippen molar-refractivity contribution in [3.63, 3.8) is 0 Å². The number of rotatable bonds is 7. The average Bonchev–Trinajstić information content (AvgIpc) is 3.06. The Morgan fingerprint density at radius 2 is 2.21 bits per heavy atom. The van der Waals surface area contributed by atoms with Crippen molar-refractivity contribution in [1.29, 1.82) is 0 Å². The van der Waals surface area contributed by atoms with Crippen molar-refractivity contribution in [3.8, 4) is 11.5 Å². The number of hydrogen-bond donors (Lipinski definition) is 1. The number of thiophene rings is 1. The fourth-order valence-corrected chi connectivity index (χ4v) is 3.78. The minimum Gasteiger partial charge on any atom is -0.493 e. The van der Waals surface area contributed by atoms with Crippen molar-refractivity contribution in [1.82, 2.24) is 4.90 Å². The summed E-state index contributed by atoms with van der Waals surface area (Å²) in [6.45, 7) is 3.69. The summed E-state index contributed by atoms with van der Waals surface area (Å²) < 4.78 is 11.0. The first-order valence-electron chi connectivity index (χ1n) is 7.99. The molecule has 1 aliphatic rings. The number of benzene rings is 1. The molecule has 1 aliphatic heterocycles. The molecule has 0 saturated carbocycles. The van der Waals surface area contributed by atoms with Gasteiger partial charge in [-0.15, -0.1) is 11.3 Å². The summed E-state index contributed by atoms with van der Waals surface area (Å²) in [4.78, 5) is 14.9. The van der Waals surface area contributed by atoms with Crippen LogP contribution < -0.4 is 9.47 Å². The maximum Gasteiger partial charge on any atom is 0.335 e. The summed E-state index contributed by atoms with van der Waals surface area (Å²) in [5.41, 5.74) is 1.65. The molecule has 0 amide bonds. The van der Waals surface area contributed by atoms with Crippen LogP contribution in [-0.4, -0.2) is 42.8 Å². The van der Waals surface area contributed by atoms with E-state index in [0.717, 1.165) is 32.5 Å². The van der Waals surface area contributed by atoms with E-state index < -0.39 is 5.97 Å². The van der Waals surface area contributed by atoms with Crippen LogP contribution in [0, 0.1) is 0 Å². The summed E-state index contributed by atoms with van der Waals surface area (Å²) in [5.74, 6) is 0.0646. The second-order valence-electron chi connectivity index (χ2n) is 5.77. The van der Waals surface area contributed by atoms with Crippen molar-refractivity contribution >= 4 is 17.3 Å². The van der Waals surface area contributed by atoms with Crippen LogP contribution in [-0.2, 0) is 13.0 Å². The fraction of sp³-hybridized carbons (Fsp3) is 0.389. The van der Waals surface area contributed by atoms with Gasteiger partial charge in [-0.2, -0.15) is 0 Å². The second kappa shape index (κ2) is 7.68. The number of methoxy groups -OCH3 is 1. The van der Waals surface area contributed by atoms with Gasteiger partial charge in [-0.05, 0) is 48.1 Å². The standard InChI is InChI=1S/C18H21NO4S/c1-22-16-11-13(18(20)21)3-4-15(16)23-9-2-7-19-8-5-17-14(12-19)6-10-24-17/h3-4,6,10-11H,2,5,7-9,12H2,1H3,(H,20,21). The number of carboxylic acids is 1. The van der Waals surface area contributed by atoms with E-state index in [2.05, 4.69) is 16.3 Å². The van der Waals surface area contributed by atoms with E-state index in [-0.39, 0.29) is 5.56 Å². The molecule has 0 aliphatic carbocycles. The molecule has 1 N–H and O–H groups in total. The van der Waals surface area contributed by atoms with Crippen LogP contribution >= 0.6 is 11.3 Å². The molecule has 1 aromatic heterocycles. The first-order valence-corrected chi connectivity index (χ1v) is 8.87. The van der Waals surface area contributed by atoms with E-state index in [4.69, 9.17) is 14.6 Å². The van der Waals surface area contributed by atoms with E-state index >= 15 is 0 Å². The van der Waals surface area contributed by atoms with E-state index in [0.29, 0.717) is 18.1 Å². The number of aromatic carboxylic acids is 1. The zero-order chi connectivity index (χ0) is 16.9. The molecule has 1 aromatic carbocycles. The molecule has 0 bridgehead atoms. The molecule has 24 heavy (non-hydrogen) atoms. The van der Waals surface area contributed by atoms with Crippen LogP contribution in [0.4, 0.5) is 0 Å². The monoisotopic (exact) mass is 347 g/mol. The van der Waals surface area contributed by atoms with Gasteiger partial charge < -0.3 is 14.6 Å². The molecule has 0 radical (unpaired) electrons. The van der Waals surface area contributed by atoms with Crippen LogP contribution in [0.5, 0.6) is 11.5 Å². The third-order valence-electron chi connectivity index (χ3n) is 4.17. The summed E-state index contributed by atoms with van der Waals surface area (Å²) in [5, 5.41) is 11.2. The van der Waals surface area contributed by atoms with Gasteiger partial charge >= 0.3 is 5.97 Å². The Labute approximate surface area is 145 Å². The Morgan fingerprint density at radius 1 is 1.33 bits per heavy atom. The summed E-state index contributed by atoms with van der Waals surface area (Å²) in [6.07, 6.45) is 2.06. The zero-order valence-corrected chi connectivity index (χ0v) is 14.5. The third kappa shape index (κ3) is 3.88. The molecule has 128 valence electrons. The molecular formula is C18H21NO4S. The summed E-state index contributed by atoms with van der Waals surface area (Å²) in [6, 6.07) is 6.89.